The summed E-state index contributed by atoms with van der Waals surface area (Å²) in [6, 6.07) is 3.47. The Labute approximate surface area is 119 Å². The van der Waals surface area contributed by atoms with Gasteiger partial charge in [-0.1, -0.05) is 52.2 Å². The van der Waals surface area contributed by atoms with Gasteiger partial charge < -0.3 is 9.47 Å². The van der Waals surface area contributed by atoms with Gasteiger partial charge in [0.1, 0.15) is 6.10 Å². The maximum absolute atomic E-state index is 11.6. The van der Waals surface area contributed by atoms with Crippen molar-refractivity contribution in [2.45, 2.75) is 71.7 Å². The van der Waals surface area contributed by atoms with E-state index in [1.807, 2.05) is 0 Å². The first-order valence-electron chi connectivity index (χ1n) is 7.53. The highest BCUT2D eigenvalue weighted by Crippen LogP contribution is 2.32. The minimum absolute atomic E-state index is 0.171. The monoisotopic (exact) mass is 286 g/mol. The van der Waals surface area contributed by atoms with Crippen LogP contribution in [-0.4, -0.2) is 26.9 Å². The van der Waals surface area contributed by atoms with Crippen LogP contribution in [0.2, 0.25) is 18.1 Å². The van der Waals surface area contributed by atoms with Gasteiger partial charge >= 0.3 is 6.16 Å². The zero-order valence-corrected chi connectivity index (χ0v) is 14.3. The van der Waals surface area contributed by atoms with Crippen LogP contribution >= 0.6 is 0 Å². The van der Waals surface area contributed by atoms with Crippen molar-refractivity contribution in [1.82, 2.24) is 0 Å². The minimum atomic E-state index is -1.54. The second-order valence-electron chi connectivity index (χ2n) is 4.94. The van der Waals surface area contributed by atoms with Gasteiger partial charge in [0.15, 0.2) is 0 Å². The highest BCUT2D eigenvalue weighted by Gasteiger charge is 2.35. The third kappa shape index (κ3) is 5.01. The van der Waals surface area contributed by atoms with Crippen LogP contribution in [-0.2, 0) is 9.47 Å². The molecule has 0 aliphatic rings. The standard InChI is InChI=1S/C15H30O3Si/c1-7-12-14(18-15(16)17-8-2)13(6)19(9-3,10-4)11-5/h14H,6-12H2,1-5H3. The summed E-state index contributed by atoms with van der Waals surface area (Å²) in [7, 11) is -1.54. The van der Waals surface area contributed by atoms with Crippen LogP contribution in [0.3, 0.4) is 0 Å². The quantitative estimate of drug-likeness (QED) is 0.445. The van der Waals surface area contributed by atoms with Crippen molar-refractivity contribution in [1.29, 1.82) is 0 Å². The van der Waals surface area contributed by atoms with Crippen molar-refractivity contribution in [3.63, 3.8) is 0 Å². The molecule has 112 valence electrons. The normalized spacial score (nSPS) is 12.9. The highest BCUT2D eigenvalue weighted by molar-refractivity contribution is 6.86. The number of carbonyl (C=O) groups excluding carboxylic acids is 1. The highest BCUT2D eigenvalue weighted by atomic mass is 28.3. The molecule has 0 saturated carbocycles. The van der Waals surface area contributed by atoms with E-state index in [0.29, 0.717) is 6.61 Å². The van der Waals surface area contributed by atoms with E-state index in [1.165, 1.54) is 5.20 Å². The molecule has 0 aromatic heterocycles. The van der Waals surface area contributed by atoms with Gasteiger partial charge in [0, 0.05) is 0 Å². The van der Waals surface area contributed by atoms with E-state index in [1.54, 1.807) is 6.92 Å². The molecule has 0 rings (SSSR count). The molecule has 19 heavy (non-hydrogen) atoms. The van der Waals surface area contributed by atoms with E-state index in [9.17, 15) is 4.79 Å². The molecule has 0 spiro atoms. The zero-order valence-electron chi connectivity index (χ0n) is 13.3. The summed E-state index contributed by atoms with van der Waals surface area (Å²) in [4.78, 5) is 11.6. The van der Waals surface area contributed by atoms with E-state index in [-0.39, 0.29) is 6.10 Å². The summed E-state index contributed by atoms with van der Waals surface area (Å²) in [5.41, 5.74) is 0. The number of carbonyl (C=O) groups is 1. The predicted octanol–water partition coefficient (Wildman–Crippen LogP) is 4.93. The number of hydrogen-bond donors (Lipinski definition) is 0. The SMILES string of the molecule is C=C(C(CCC)OC(=O)OCC)[Si](CC)(CC)CC. The molecule has 1 unspecified atom stereocenters. The molecule has 0 aromatic carbocycles. The molecule has 0 N–H and O–H groups in total. The molecule has 1 atom stereocenters. The fraction of sp³-hybridized carbons (Fsp3) is 0.800. The average molecular weight is 286 g/mol. The lowest BCUT2D eigenvalue weighted by Gasteiger charge is -2.34. The third-order valence-electron chi connectivity index (χ3n) is 4.15. The van der Waals surface area contributed by atoms with Gasteiger partial charge in [-0.05, 0) is 18.5 Å². The summed E-state index contributed by atoms with van der Waals surface area (Å²) in [6.45, 7) is 15.2. The van der Waals surface area contributed by atoms with Gasteiger partial charge in [-0.2, -0.15) is 0 Å². The first-order valence-corrected chi connectivity index (χ1v) is 10.2. The molecule has 0 heterocycles. The summed E-state index contributed by atoms with van der Waals surface area (Å²) in [6.07, 6.45) is 1.08. The Kier molecular flexibility index (Phi) is 8.81. The van der Waals surface area contributed by atoms with Crippen LogP contribution in [0.25, 0.3) is 0 Å². The largest absolute Gasteiger partial charge is 0.508 e. The molecule has 0 aliphatic heterocycles. The van der Waals surface area contributed by atoms with Crippen LogP contribution in [0.5, 0.6) is 0 Å². The molecule has 0 amide bonds. The van der Waals surface area contributed by atoms with E-state index in [0.717, 1.165) is 31.0 Å². The molecule has 0 aliphatic carbocycles. The minimum Gasteiger partial charge on any atom is -0.435 e. The molecule has 0 radical (unpaired) electrons. The zero-order chi connectivity index (χ0) is 14.9. The van der Waals surface area contributed by atoms with Crippen LogP contribution in [0.15, 0.2) is 11.8 Å². The Morgan fingerprint density at radius 1 is 1.11 bits per heavy atom. The second-order valence-corrected chi connectivity index (χ2v) is 10.3. The Morgan fingerprint density at radius 2 is 1.63 bits per heavy atom. The molecule has 0 bridgehead atoms. The van der Waals surface area contributed by atoms with Crippen molar-refractivity contribution in [3.8, 4) is 0 Å². The van der Waals surface area contributed by atoms with E-state index in [4.69, 9.17) is 9.47 Å². The number of hydrogen-bond acceptors (Lipinski definition) is 3. The maximum Gasteiger partial charge on any atom is 0.508 e. The first kappa shape index (κ1) is 18.2. The lowest BCUT2D eigenvalue weighted by Crippen LogP contribution is -2.41. The number of ether oxygens (including phenoxy) is 2. The molecular formula is C15H30O3Si. The molecule has 0 aromatic rings. The lowest BCUT2D eigenvalue weighted by molar-refractivity contribution is 0.0365. The van der Waals surface area contributed by atoms with Crippen molar-refractivity contribution in [3.05, 3.63) is 11.8 Å². The molecule has 0 saturated heterocycles. The Bertz CT molecular complexity index is 277. The summed E-state index contributed by atoms with van der Waals surface area (Å²) < 4.78 is 10.4. The second kappa shape index (κ2) is 9.18. The van der Waals surface area contributed by atoms with E-state index in [2.05, 4.69) is 34.3 Å². The van der Waals surface area contributed by atoms with Gasteiger partial charge in [-0.15, -0.1) is 6.58 Å². The summed E-state index contributed by atoms with van der Waals surface area (Å²) in [5.74, 6) is 0. The van der Waals surface area contributed by atoms with Crippen molar-refractivity contribution < 1.29 is 14.3 Å². The molecule has 0 fully saturated rings. The van der Waals surface area contributed by atoms with Crippen LogP contribution in [0.1, 0.15) is 47.5 Å². The Balaban J connectivity index is 4.95. The van der Waals surface area contributed by atoms with E-state index < -0.39 is 14.2 Å². The summed E-state index contributed by atoms with van der Waals surface area (Å²) >= 11 is 0. The third-order valence-corrected chi connectivity index (χ3v) is 9.90. The van der Waals surface area contributed by atoms with Crippen molar-refractivity contribution >= 4 is 14.2 Å². The van der Waals surface area contributed by atoms with Crippen LogP contribution in [0, 0.1) is 0 Å². The van der Waals surface area contributed by atoms with Gasteiger partial charge in [0.2, 0.25) is 0 Å². The van der Waals surface area contributed by atoms with Crippen molar-refractivity contribution in [2.24, 2.45) is 0 Å². The number of rotatable bonds is 9. The molecule has 4 heteroatoms. The average Bonchev–Trinajstić information content (AvgIpc) is 2.41. The molecular weight excluding hydrogens is 256 g/mol. The van der Waals surface area contributed by atoms with Gasteiger partial charge in [-0.25, -0.2) is 4.79 Å². The first-order chi connectivity index (χ1) is 9.01. The smallest absolute Gasteiger partial charge is 0.435 e. The fourth-order valence-electron chi connectivity index (χ4n) is 2.61. The van der Waals surface area contributed by atoms with Crippen molar-refractivity contribution in [2.75, 3.05) is 6.61 Å². The Morgan fingerprint density at radius 3 is 2.00 bits per heavy atom. The predicted molar refractivity (Wildman–Crippen MR) is 83.1 cm³/mol. The van der Waals surface area contributed by atoms with Gasteiger partial charge in [-0.3, -0.25) is 0 Å². The van der Waals surface area contributed by atoms with Gasteiger partial charge in [0.05, 0.1) is 14.7 Å². The lowest BCUT2D eigenvalue weighted by atomic mass is 10.2. The van der Waals surface area contributed by atoms with Gasteiger partial charge in [0.25, 0.3) is 0 Å². The summed E-state index contributed by atoms with van der Waals surface area (Å²) in [5, 5.41) is 1.18. The maximum atomic E-state index is 11.6. The topological polar surface area (TPSA) is 35.5 Å². The fourth-order valence-corrected chi connectivity index (χ4v) is 6.36. The van der Waals surface area contributed by atoms with Crippen LogP contribution in [0.4, 0.5) is 4.79 Å². The Hall–Kier alpha value is -0.773. The van der Waals surface area contributed by atoms with Crippen LogP contribution < -0.4 is 0 Å². The molecule has 3 nitrogen and oxygen atoms in total. The van der Waals surface area contributed by atoms with E-state index >= 15 is 0 Å².